The predicted octanol–water partition coefficient (Wildman–Crippen LogP) is 3.13. The molecule has 0 aliphatic heterocycles. The number of hydrogen-bond donors (Lipinski definition) is 0. The predicted molar refractivity (Wildman–Crippen MR) is 90.1 cm³/mol. The first-order valence-electron chi connectivity index (χ1n) is 7.77. The lowest BCUT2D eigenvalue weighted by molar-refractivity contribution is 0.0595. The summed E-state index contributed by atoms with van der Waals surface area (Å²) in [5.41, 5.74) is 0.399. The minimum Gasteiger partial charge on any atom is -0.484 e. The van der Waals surface area contributed by atoms with Gasteiger partial charge in [-0.1, -0.05) is 30.3 Å². The highest BCUT2D eigenvalue weighted by atomic mass is 16.5. The van der Waals surface area contributed by atoms with Crippen molar-refractivity contribution in [3.63, 3.8) is 0 Å². The number of carbonyl (C=O) groups is 1. The molecule has 0 spiro atoms. The lowest BCUT2D eigenvalue weighted by Gasteiger charge is -2.13. The number of benzene rings is 2. The van der Waals surface area contributed by atoms with Crippen LogP contribution in [0.5, 0.6) is 5.75 Å². The Kier molecular flexibility index (Phi) is 4.46. The van der Waals surface area contributed by atoms with Gasteiger partial charge in [0.15, 0.2) is 5.82 Å². The molecule has 0 fully saturated rings. The number of rotatable bonds is 5. The van der Waals surface area contributed by atoms with E-state index in [2.05, 4.69) is 10.2 Å². The van der Waals surface area contributed by atoms with Crippen LogP contribution in [-0.4, -0.2) is 27.8 Å². The van der Waals surface area contributed by atoms with E-state index in [1.165, 1.54) is 7.11 Å². The number of aromatic nitrogens is 3. The Hall–Kier alpha value is -2.89. The second kappa shape index (κ2) is 6.70. The second-order valence-electron chi connectivity index (χ2n) is 5.35. The maximum absolute atomic E-state index is 12.1. The highest BCUT2D eigenvalue weighted by Crippen LogP contribution is 2.31. The average Bonchev–Trinajstić information content (AvgIpc) is 2.98. The van der Waals surface area contributed by atoms with E-state index in [0.29, 0.717) is 11.3 Å². The van der Waals surface area contributed by atoms with E-state index < -0.39 is 5.97 Å². The van der Waals surface area contributed by atoms with Crippen LogP contribution in [0.3, 0.4) is 0 Å². The number of ether oxygens (including phenoxy) is 2. The van der Waals surface area contributed by atoms with Crippen LogP contribution in [0.15, 0.2) is 36.4 Å². The summed E-state index contributed by atoms with van der Waals surface area (Å²) in [6, 6.07) is 11.4. The Morgan fingerprint density at radius 2 is 1.96 bits per heavy atom. The molecule has 0 N–H and O–H groups in total. The van der Waals surface area contributed by atoms with Crippen LogP contribution < -0.4 is 4.74 Å². The number of methoxy groups -OCH3 is 1. The summed E-state index contributed by atoms with van der Waals surface area (Å²) >= 11 is 0. The van der Waals surface area contributed by atoms with E-state index in [9.17, 15) is 4.79 Å². The van der Waals surface area contributed by atoms with E-state index in [1.807, 2.05) is 48.7 Å². The van der Waals surface area contributed by atoms with Crippen LogP contribution in [0.25, 0.3) is 10.8 Å². The number of hydrogen-bond acceptors (Lipinski definition) is 5. The summed E-state index contributed by atoms with van der Waals surface area (Å²) in [5.74, 6) is 1.63. The molecule has 0 aliphatic rings. The van der Waals surface area contributed by atoms with Gasteiger partial charge in [0.2, 0.25) is 0 Å². The summed E-state index contributed by atoms with van der Waals surface area (Å²) in [7, 11) is 1.36. The number of fused-ring (bicyclic) bond motifs is 1. The van der Waals surface area contributed by atoms with Gasteiger partial charge in [0.1, 0.15) is 23.7 Å². The van der Waals surface area contributed by atoms with Crippen molar-refractivity contribution in [1.82, 2.24) is 14.8 Å². The van der Waals surface area contributed by atoms with Crippen molar-refractivity contribution < 1.29 is 14.3 Å². The Morgan fingerprint density at radius 1 is 1.17 bits per heavy atom. The standard InChI is InChI=1S/C18H19N3O3/c1-4-21-12(2)19-20-16(21)11-24-17-14-8-6-5-7-13(14)9-10-15(17)18(22)23-3/h5-10H,4,11H2,1-3H3. The first-order valence-corrected chi connectivity index (χ1v) is 7.77. The van der Waals surface area contributed by atoms with Crippen LogP contribution in [0.2, 0.25) is 0 Å². The summed E-state index contributed by atoms with van der Waals surface area (Å²) in [4.78, 5) is 12.1. The number of aryl methyl sites for hydroxylation is 1. The van der Waals surface area contributed by atoms with Crippen molar-refractivity contribution in [3.8, 4) is 5.75 Å². The Balaban J connectivity index is 2.01. The molecule has 1 aromatic heterocycles. The summed E-state index contributed by atoms with van der Waals surface area (Å²) in [5, 5.41) is 10.1. The zero-order valence-electron chi connectivity index (χ0n) is 13.9. The molecule has 6 heteroatoms. The van der Waals surface area contributed by atoms with Gasteiger partial charge in [-0.3, -0.25) is 0 Å². The quantitative estimate of drug-likeness (QED) is 0.674. The largest absolute Gasteiger partial charge is 0.484 e. The van der Waals surface area contributed by atoms with Gasteiger partial charge in [0.05, 0.1) is 7.11 Å². The fourth-order valence-electron chi connectivity index (χ4n) is 2.75. The number of carbonyl (C=O) groups excluding carboxylic acids is 1. The molecule has 3 aromatic rings. The Bertz CT molecular complexity index is 886. The van der Waals surface area contributed by atoms with Crippen molar-refractivity contribution in [2.24, 2.45) is 0 Å². The third-order valence-corrected chi connectivity index (χ3v) is 3.96. The first kappa shape index (κ1) is 16.0. The third kappa shape index (κ3) is 2.82. The molecule has 1 heterocycles. The number of esters is 1. The molecule has 0 saturated heterocycles. The van der Waals surface area contributed by atoms with Gasteiger partial charge in [-0.05, 0) is 25.3 Å². The van der Waals surface area contributed by atoms with Gasteiger partial charge in [-0.15, -0.1) is 10.2 Å². The van der Waals surface area contributed by atoms with Gasteiger partial charge in [0, 0.05) is 11.9 Å². The molecule has 24 heavy (non-hydrogen) atoms. The average molecular weight is 325 g/mol. The maximum atomic E-state index is 12.1. The van der Waals surface area contributed by atoms with Crippen molar-refractivity contribution in [2.45, 2.75) is 27.0 Å². The lowest BCUT2D eigenvalue weighted by Crippen LogP contribution is -2.10. The summed E-state index contributed by atoms with van der Waals surface area (Å²) in [6.07, 6.45) is 0. The summed E-state index contributed by atoms with van der Waals surface area (Å²) in [6.45, 7) is 4.92. The molecule has 124 valence electrons. The highest BCUT2D eigenvalue weighted by Gasteiger charge is 2.17. The maximum Gasteiger partial charge on any atom is 0.341 e. The van der Waals surface area contributed by atoms with E-state index in [-0.39, 0.29) is 6.61 Å². The molecule has 0 bridgehead atoms. The van der Waals surface area contributed by atoms with Gasteiger partial charge in [0.25, 0.3) is 0 Å². The van der Waals surface area contributed by atoms with Crippen molar-refractivity contribution in [2.75, 3.05) is 7.11 Å². The molecular weight excluding hydrogens is 306 g/mol. The smallest absolute Gasteiger partial charge is 0.341 e. The molecule has 0 radical (unpaired) electrons. The Labute approximate surface area is 140 Å². The molecule has 0 saturated carbocycles. The topological polar surface area (TPSA) is 66.2 Å². The van der Waals surface area contributed by atoms with Crippen LogP contribution in [0.4, 0.5) is 0 Å². The van der Waals surface area contributed by atoms with Crippen molar-refractivity contribution in [1.29, 1.82) is 0 Å². The van der Waals surface area contributed by atoms with E-state index in [1.54, 1.807) is 6.07 Å². The van der Waals surface area contributed by atoms with E-state index in [4.69, 9.17) is 9.47 Å². The molecule has 6 nitrogen and oxygen atoms in total. The normalized spacial score (nSPS) is 10.8. The summed E-state index contributed by atoms with van der Waals surface area (Å²) < 4.78 is 12.8. The molecular formula is C18H19N3O3. The SMILES string of the molecule is CCn1c(C)nnc1COc1c(C(=O)OC)ccc2ccccc12. The third-order valence-electron chi connectivity index (χ3n) is 3.96. The van der Waals surface area contributed by atoms with E-state index >= 15 is 0 Å². The minimum absolute atomic E-state index is 0.229. The molecule has 0 unspecified atom stereocenters. The van der Waals surface area contributed by atoms with Gasteiger partial charge < -0.3 is 14.0 Å². The van der Waals surface area contributed by atoms with Crippen molar-refractivity contribution >= 4 is 16.7 Å². The van der Waals surface area contributed by atoms with Gasteiger partial charge >= 0.3 is 5.97 Å². The zero-order chi connectivity index (χ0) is 17.1. The lowest BCUT2D eigenvalue weighted by atomic mass is 10.1. The monoisotopic (exact) mass is 325 g/mol. The fraction of sp³-hybridized carbons (Fsp3) is 0.278. The fourth-order valence-corrected chi connectivity index (χ4v) is 2.75. The van der Waals surface area contributed by atoms with Gasteiger partial charge in [-0.2, -0.15) is 0 Å². The first-order chi connectivity index (χ1) is 11.7. The van der Waals surface area contributed by atoms with Gasteiger partial charge in [-0.25, -0.2) is 4.79 Å². The molecule has 2 aromatic carbocycles. The molecule has 0 amide bonds. The molecule has 3 rings (SSSR count). The molecule has 0 atom stereocenters. The van der Waals surface area contributed by atoms with Crippen LogP contribution >= 0.6 is 0 Å². The van der Waals surface area contributed by atoms with Crippen LogP contribution in [-0.2, 0) is 17.9 Å². The molecule has 0 aliphatic carbocycles. The second-order valence-corrected chi connectivity index (χ2v) is 5.35. The highest BCUT2D eigenvalue weighted by molar-refractivity contribution is 6.01. The number of nitrogens with zero attached hydrogens (tertiary/aromatic N) is 3. The minimum atomic E-state index is -0.427. The van der Waals surface area contributed by atoms with E-state index in [0.717, 1.165) is 29.0 Å². The Morgan fingerprint density at radius 3 is 2.71 bits per heavy atom. The van der Waals surface area contributed by atoms with Crippen LogP contribution in [0, 0.1) is 6.92 Å². The van der Waals surface area contributed by atoms with Crippen molar-refractivity contribution in [3.05, 3.63) is 53.6 Å². The zero-order valence-corrected chi connectivity index (χ0v) is 13.9. The van der Waals surface area contributed by atoms with Crippen LogP contribution in [0.1, 0.15) is 28.9 Å².